The summed E-state index contributed by atoms with van der Waals surface area (Å²) in [5.74, 6) is -2.11. The Morgan fingerprint density at radius 3 is 2.12 bits per heavy atom. The van der Waals surface area contributed by atoms with Crippen LogP contribution in [0.25, 0.3) is 0 Å². The first-order valence-corrected chi connectivity index (χ1v) is 4.62. The van der Waals surface area contributed by atoms with E-state index in [4.69, 9.17) is 15.6 Å². The van der Waals surface area contributed by atoms with Gasteiger partial charge in [0.15, 0.2) is 0 Å². The Labute approximate surface area is 93.2 Å². The van der Waals surface area contributed by atoms with Crippen LogP contribution in [0.3, 0.4) is 0 Å². The number of rotatable bonds is 3. The van der Waals surface area contributed by atoms with Gasteiger partial charge >= 0.3 is 12.1 Å². The van der Waals surface area contributed by atoms with Gasteiger partial charge in [0, 0.05) is 0 Å². The summed E-state index contributed by atoms with van der Waals surface area (Å²) in [6.07, 6.45) is -1.01. The third-order valence-corrected chi connectivity index (χ3v) is 1.38. The zero-order valence-electron chi connectivity index (χ0n) is 9.52. The second-order valence-corrected chi connectivity index (χ2v) is 4.06. The molecule has 0 aliphatic heterocycles. The lowest BCUT2D eigenvalue weighted by molar-refractivity contribution is -0.143. The third kappa shape index (κ3) is 5.30. The summed E-state index contributed by atoms with van der Waals surface area (Å²) < 4.78 is 4.87. The minimum absolute atomic E-state index is 0.452. The van der Waals surface area contributed by atoms with Crippen molar-refractivity contribution < 1.29 is 24.2 Å². The SMILES string of the molecule is CC(C)(C)OC(=O)N(CC(=O)O)C(=O)CN. The van der Waals surface area contributed by atoms with Gasteiger partial charge in [-0.25, -0.2) is 9.69 Å². The monoisotopic (exact) mass is 232 g/mol. The van der Waals surface area contributed by atoms with Crippen LogP contribution in [0.15, 0.2) is 0 Å². The van der Waals surface area contributed by atoms with Crippen LogP contribution in [0.4, 0.5) is 4.79 Å². The smallest absolute Gasteiger partial charge is 0.417 e. The number of aliphatic carboxylic acids is 1. The molecule has 0 rings (SSSR count). The maximum Gasteiger partial charge on any atom is 0.417 e. The number of hydrogen-bond acceptors (Lipinski definition) is 5. The summed E-state index contributed by atoms with van der Waals surface area (Å²) in [5.41, 5.74) is 4.26. The van der Waals surface area contributed by atoms with Crippen molar-refractivity contribution in [3.05, 3.63) is 0 Å². The van der Waals surface area contributed by atoms with Gasteiger partial charge in [-0.2, -0.15) is 0 Å². The zero-order chi connectivity index (χ0) is 12.9. The minimum Gasteiger partial charge on any atom is -0.480 e. The van der Waals surface area contributed by atoms with E-state index in [-0.39, 0.29) is 0 Å². The van der Waals surface area contributed by atoms with E-state index in [9.17, 15) is 14.4 Å². The Morgan fingerprint density at radius 2 is 1.81 bits per heavy atom. The number of nitrogens with zero attached hydrogens (tertiary/aromatic N) is 1. The first-order chi connectivity index (χ1) is 7.17. The maximum absolute atomic E-state index is 11.5. The molecule has 0 saturated carbocycles. The quantitative estimate of drug-likeness (QED) is 0.696. The van der Waals surface area contributed by atoms with Gasteiger partial charge in [0.25, 0.3) is 0 Å². The molecule has 7 heteroatoms. The van der Waals surface area contributed by atoms with Gasteiger partial charge in [-0.05, 0) is 20.8 Å². The predicted octanol–water partition coefficient (Wildman–Crippen LogP) is -0.207. The van der Waals surface area contributed by atoms with E-state index in [0.717, 1.165) is 0 Å². The number of nitrogens with two attached hydrogens (primary N) is 1. The molecule has 0 aliphatic rings. The van der Waals surface area contributed by atoms with Crippen LogP contribution in [-0.2, 0) is 14.3 Å². The molecule has 3 N–H and O–H groups in total. The molecule has 0 bridgehead atoms. The van der Waals surface area contributed by atoms with Gasteiger partial charge in [-0.1, -0.05) is 0 Å². The number of ether oxygens (including phenoxy) is 1. The molecule has 0 aromatic heterocycles. The molecule has 0 radical (unpaired) electrons. The Morgan fingerprint density at radius 1 is 1.31 bits per heavy atom. The summed E-state index contributed by atoms with van der Waals surface area (Å²) in [4.78, 5) is 33.6. The minimum atomic E-state index is -1.31. The Balaban J connectivity index is 4.70. The van der Waals surface area contributed by atoms with Crippen LogP contribution in [0, 0.1) is 0 Å². The highest BCUT2D eigenvalue weighted by atomic mass is 16.6. The number of amides is 2. The lowest BCUT2D eigenvalue weighted by Gasteiger charge is -2.24. The number of carboxylic acid groups (broad SMARTS) is 1. The molecular formula is C9H16N2O5. The lowest BCUT2D eigenvalue weighted by atomic mass is 10.2. The van der Waals surface area contributed by atoms with E-state index in [2.05, 4.69) is 0 Å². The van der Waals surface area contributed by atoms with Crippen LogP contribution < -0.4 is 5.73 Å². The van der Waals surface area contributed by atoms with Gasteiger partial charge in [0.1, 0.15) is 12.1 Å². The summed E-state index contributed by atoms with van der Waals surface area (Å²) in [6.45, 7) is 3.61. The number of hydrogen-bond donors (Lipinski definition) is 2. The number of carbonyl (C=O) groups is 3. The van der Waals surface area contributed by atoms with Gasteiger partial charge in [0.2, 0.25) is 5.91 Å². The Hall–Kier alpha value is -1.63. The molecule has 92 valence electrons. The van der Waals surface area contributed by atoms with E-state index < -0.39 is 36.7 Å². The standard InChI is InChI=1S/C9H16N2O5/c1-9(2,3)16-8(15)11(5-7(13)14)6(12)4-10/h4-5,10H2,1-3H3,(H,13,14). The Kier molecular flexibility index (Phi) is 4.90. The third-order valence-electron chi connectivity index (χ3n) is 1.38. The normalized spacial score (nSPS) is 10.8. The van der Waals surface area contributed by atoms with Gasteiger partial charge in [-0.15, -0.1) is 0 Å². The van der Waals surface area contributed by atoms with E-state index in [1.165, 1.54) is 0 Å². The molecule has 16 heavy (non-hydrogen) atoms. The molecule has 0 aliphatic carbocycles. The summed E-state index contributed by atoms with van der Waals surface area (Å²) in [5, 5.41) is 8.53. The fourth-order valence-electron chi connectivity index (χ4n) is 0.817. The fourth-order valence-corrected chi connectivity index (χ4v) is 0.817. The van der Waals surface area contributed by atoms with Crippen molar-refractivity contribution >= 4 is 18.0 Å². The second-order valence-electron chi connectivity index (χ2n) is 4.06. The maximum atomic E-state index is 11.5. The first-order valence-electron chi connectivity index (χ1n) is 4.62. The summed E-state index contributed by atoms with van der Waals surface area (Å²) in [6, 6.07) is 0. The molecule has 0 atom stereocenters. The molecular weight excluding hydrogens is 216 g/mol. The first kappa shape index (κ1) is 14.4. The Bertz CT molecular complexity index is 295. The summed E-state index contributed by atoms with van der Waals surface area (Å²) >= 11 is 0. The van der Waals surface area contributed by atoms with Gasteiger partial charge in [0.05, 0.1) is 6.54 Å². The van der Waals surface area contributed by atoms with Crippen molar-refractivity contribution in [3.63, 3.8) is 0 Å². The van der Waals surface area contributed by atoms with Crippen molar-refractivity contribution in [2.75, 3.05) is 13.1 Å². The van der Waals surface area contributed by atoms with Crippen molar-refractivity contribution in [3.8, 4) is 0 Å². The van der Waals surface area contributed by atoms with Gasteiger partial charge in [-0.3, -0.25) is 9.59 Å². The van der Waals surface area contributed by atoms with E-state index in [1.807, 2.05) is 0 Å². The van der Waals surface area contributed by atoms with Crippen LogP contribution in [0.5, 0.6) is 0 Å². The van der Waals surface area contributed by atoms with Crippen molar-refractivity contribution in [1.82, 2.24) is 4.90 Å². The summed E-state index contributed by atoms with van der Waals surface area (Å²) in [7, 11) is 0. The van der Waals surface area contributed by atoms with Gasteiger partial charge < -0.3 is 15.6 Å². The molecule has 0 saturated heterocycles. The highest BCUT2D eigenvalue weighted by molar-refractivity contribution is 5.96. The molecule has 0 heterocycles. The number of imide groups is 1. The average molecular weight is 232 g/mol. The zero-order valence-corrected chi connectivity index (χ0v) is 9.52. The molecule has 2 amide bonds. The number of carboxylic acids is 1. The van der Waals surface area contributed by atoms with E-state index in [1.54, 1.807) is 20.8 Å². The molecule has 0 aromatic carbocycles. The highest BCUT2D eigenvalue weighted by Gasteiger charge is 2.27. The van der Waals surface area contributed by atoms with Crippen molar-refractivity contribution in [2.45, 2.75) is 26.4 Å². The van der Waals surface area contributed by atoms with Crippen LogP contribution >= 0.6 is 0 Å². The molecule has 0 aromatic rings. The number of carbonyl (C=O) groups excluding carboxylic acids is 2. The largest absolute Gasteiger partial charge is 0.480 e. The molecule has 0 fully saturated rings. The topological polar surface area (TPSA) is 110 Å². The van der Waals surface area contributed by atoms with Crippen LogP contribution in [-0.4, -0.2) is 46.7 Å². The highest BCUT2D eigenvalue weighted by Crippen LogP contribution is 2.09. The fraction of sp³-hybridized carbons (Fsp3) is 0.667. The molecule has 0 spiro atoms. The van der Waals surface area contributed by atoms with Crippen molar-refractivity contribution in [1.29, 1.82) is 0 Å². The van der Waals surface area contributed by atoms with Crippen molar-refractivity contribution in [2.24, 2.45) is 5.73 Å². The lowest BCUT2D eigenvalue weighted by Crippen LogP contribution is -2.46. The molecule has 0 unspecified atom stereocenters. The van der Waals surface area contributed by atoms with Crippen LogP contribution in [0.1, 0.15) is 20.8 Å². The average Bonchev–Trinajstić information content (AvgIpc) is 2.09. The van der Waals surface area contributed by atoms with E-state index >= 15 is 0 Å². The predicted molar refractivity (Wildman–Crippen MR) is 54.6 cm³/mol. The van der Waals surface area contributed by atoms with Crippen LogP contribution in [0.2, 0.25) is 0 Å². The molecule has 7 nitrogen and oxygen atoms in total. The second kappa shape index (κ2) is 5.45. The van der Waals surface area contributed by atoms with E-state index in [0.29, 0.717) is 4.90 Å².